The van der Waals surface area contributed by atoms with Gasteiger partial charge in [0.25, 0.3) is 5.91 Å². The molecule has 1 unspecified atom stereocenters. The van der Waals surface area contributed by atoms with Gasteiger partial charge in [-0.1, -0.05) is 19.4 Å². The van der Waals surface area contributed by atoms with Gasteiger partial charge in [0.2, 0.25) is 0 Å². The van der Waals surface area contributed by atoms with Crippen molar-refractivity contribution in [3.05, 3.63) is 29.3 Å². The van der Waals surface area contributed by atoms with Crippen LogP contribution in [0, 0.1) is 0 Å². The Bertz CT molecular complexity index is 414. The summed E-state index contributed by atoms with van der Waals surface area (Å²) in [6, 6.07) is 5.87. The number of nitrogen functional groups attached to an aromatic ring is 1. The molecule has 0 bridgehead atoms. The molecule has 1 atom stereocenters. The molecule has 0 aliphatic carbocycles. The van der Waals surface area contributed by atoms with E-state index in [2.05, 4.69) is 13.8 Å². The van der Waals surface area contributed by atoms with Crippen molar-refractivity contribution < 1.29 is 4.79 Å². The predicted molar refractivity (Wildman–Crippen MR) is 65.1 cm³/mol. The molecule has 2 N–H and O–H groups in total. The molecule has 2 rings (SSSR count). The van der Waals surface area contributed by atoms with Crippen LogP contribution in [0.3, 0.4) is 0 Å². The van der Waals surface area contributed by atoms with Crippen LogP contribution in [0.4, 0.5) is 5.69 Å². The lowest BCUT2D eigenvalue weighted by molar-refractivity contribution is 0.0709. The predicted octanol–water partition coefficient (Wildman–Crippen LogP) is 2.41. The Morgan fingerprint density at radius 1 is 1.50 bits per heavy atom. The van der Waals surface area contributed by atoms with Crippen molar-refractivity contribution >= 4 is 11.6 Å². The minimum absolute atomic E-state index is 0.128. The monoisotopic (exact) mass is 218 g/mol. The number of rotatable bonds is 3. The van der Waals surface area contributed by atoms with E-state index >= 15 is 0 Å². The average molecular weight is 218 g/mol. The van der Waals surface area contributed by atoms with Crippen LogP contribution >= 0.6 is 0 Å². The Kier molecular flexibility index (Phi) is 2.86. The van der Waals surface area contributed by atoms with Gasteiger partial charge >= 0.3 is 0 Å². The first-order chi connectivity index (χ1) is 7.65. The molecule has 1 aromatic carbocycles. The van der Waals surface area contributed by atoms with Crippen LogP contribution in [0.2, 0.25) is 0 Å². The highest BCUT2D eigenvalue weighted by Crippen LogP contribution is 2.29. The third-order valence-electron chi connectivity index (χ3n) is 3.27. The van der Waals surface area contributed by atoms with Crippen molar-refractivity contribution in [3.8, 4) is 0 Å². The van der Waals surface area contributed by atoms with Gasteiger partial charge in [-0.2, -0.15) is 0 Å². The Balaban J connectivity index is 2.27. The first kappa shape index (κ1) is 11.0. The number of fused-ring (bicyclic) bond motifs is 1. The van der Waals surface area contributed by atoms with Crippen LogP contribution < -0.4 is 5.73 Å². The van der Waals surface area contributed by atoms with Gasteiger partial charge in [0, 0.05) is 29.4 Å². The van der Waals surface area contributed by atoms with Crippen LogP contribution in [0.15, 0.2) is 18.2 Å². The molecule has 0 saturated heterocycles. The van der Waals surface area contributed by atoms with Crippen LogP contribution in [0.25, 0.3) is 0 Å². The molecular formula is C13H18N2O. The summed E-state index contributed by atoms with van der Waals surface area (Å²) in [5.41, 5.74) is 8.40. The first-order valence-electron chi connectivity index (χ1n) is 5.83. The number of benzene rings is 1. The van der Waals surface area contributed by atoms with E-state index in [4.69, 9.17) is 5.73 Å². The average Bonchev–Trinajstić information content (AvgIpc) is 2.59. The van der Waals surface area contributed by atoms with Crippen molar-refractivity contribution in [2.75, 3.05) is 5.73 Å². The van der Waals surface area contributed by atoms with Gasteiger partial charge < -0.3 is 10.6 Å². The normalized spacial score (nSPS) is 16.4. The Labute approximate surface area is 96.2 Å². The number of hydrogen-bond donors (Lipinski definition) is 1. The Morgan fingerprint density at radius 2 is 2.25 bits per heavy atom. The fraction of sp³-hybridized carbons (Fsp3) is 0.462. The van der Waals surface area contributed by atoms with Gasteiger partial charge in [0.15, 0.2) is 0 Å². The fourth-order valence-corrected chi connectivity index (χ4v) is 2.31. The summed E-state index contributed by atoms with van der Waals surface area (Å²) in [7, 11) is 0. The van der Waals surface area contributed by atoms with E-state index in [9.17, 15) is 4.79 Å². The molecule has 1 amide bonds. The van der Waals surface area contributed by atoms with Gasteiger partial charge in [-0.3, -0.25) is 4.79 Å². The van der Waals surface area contributed by atoms with Gasteiger partial charge in [-0.15, -0.1) is 0 Å². The minimum Gasteiger partial charge on any atom is -0.398 e. The van der Waals surface area contributed by atoms with Crippen molar-refractivity contribution in [3.63, 3.8) is 0 Å². The molecule has 1 aliphatic heterocycles. The zero-order valence-electron chi connectivity index (χ0n) is 9.86. The number of carbonyl (C=O) groups is 1. The van der Waals surface area contributed by atoms with Gasteiger partial charge in [0.1, 0.15) is 0 Å². The van der Waals surface area contributed by atoms with Crippen LogP contribution in [0.1, 0.15) is 42.6 Å². The van der Waals surface area contributed by atoms with E-state index < -0.39 is 0 Å². The highest BCUT2D eigenvalue weighted by atomic mass is 16.2. The summed E-state index contributed by atoms with van der Waals surface area (Å²) in [5, 5.41) is 0. The van der Waals surface area contributed by atoms with E-state index in [1.54, 1.807) is 0 Å². The summed E-state index contributed by atoms with van der Waals surface area (Å²) in [5.74, 6) is 0.128. The molecule has 86 valence electrons. The zero-order chi connectivity index (χ0) is 11.7. The van der Waals surface area contributed by atoms with Crippen LogP contribution in [-0.4, -0.2) is 16.8 Å². The van der Waals surface area contributed by atoms with Crippen molar-refractivity contribution in [2.45, 2.75) is 39.3 Å². The molecule has 16 heavy (non-hydrogen) atoms. The molecule has 0 radical (unpaired) electrons. The Morgan fingerprint density at radius 3 is 2.88 bits per heavy atom. The quantitative estimate of drug-likeness (QED) is 0.792. The second kappa shape index (κ2) is 4.16. The lowest BCUT2D eigenvalue weighted by Crippen LogP contribution is -2.33. The smallest absolute Gasteiger partial charge is 0.254 e. The largest absolute Gasteiger partial charge is 0.398 e. The summed E-state index contributed by atoms with van der Waals surface area (Å²) in [6.07, 6.45) is 2.14. The van der Waals surface area contributed by atoms with Crippen molar-refractivity contribution in [2.24, 2.45) is 0 Å². The zero-order valence-corrected chi connectivity index (χ0v) is 9.86. The number of carbonyl (C=O) groups excluding carboxylic acids is 1. The molecule has 3 nitrogen and oxygen atoms in total. The molecule has 0 aromatic heterocycles. The Hall–Kier alpha value is -1.51. The van der Waals surface area contributed by atoms with Crippen molar-refractivity contribution in [1.82, 2.24) is 4.90 Å². The maximum atomic E-state index is 12.1. The maximum absolute atomic E-state index is 12.1. The number of anilines is 1. The van der Waals surface area contributed by atoms with E-state index in [1.165, 1.54) is 0 Å². The highest BCUT2D eigenvalue weighted by molar-refractivity contribution is 6.00. The fourth-order valence-electron chi connectivity index (χ4n) is 2.31. The molecule has 0 saturated carbocycles. The molecular weight excluding hydrogens is 200 g/mol. The lowest BCUT2D eigenvalue weighted by atomic mass is 10.1. The SMILES string of the molecule is CCCC(C)N1Cc2c(N)cccc2C1=O. The maximum Gasteiger partial charge on any atom is 0.254 e. The minimum atomic E-state index is 0.128. The third kappa shape index (κ3) is 1.66. The number of hydrogen-bond acceptors (Lipinski definition) is 2. The summed E-state index contributed by atoms with van der Waals surface area (Å²) >= 11 is 0. The summed E-state index contributed by atoms with van der Waals surface area (Å²) < 4.78 is 0. The number of nitrogens with two attached hydrogens (primary N) is 1. The lowest BCUT2D eigenvalue weighted by Gasteiger charge is -2.23. The highest BCUT2D eigenvalue weighted by Gasteiger charge is 2.31. The number of nitrogens with zero attached hydrogens (tertiary/aromatic N) is 1. The van der Waals surface area contributed by atoms with Gasteiger partial charge in [-0.05, 0) is 25.5 Å². The summed E-state index contributed by atoms with van der Waals surface area (Å²) in [4.78, 5) is 14.1. The molecule has 1 aliphatic rings. The third-order valence-corrected chi connectivity index (χ3v) is 3.27. The molecule has 3 heteroatoms. The second-order valence-corrected chi connectivity index (χ2v) is 4.44. The van der Waals surface area contributed by atoms with Crippen molar-refractivity contribution in [1.29, 1.82) is 0 Å². The molecule has 0 fully saturated rings. The van der Waals surface area contributed by atoms with E-state index in [0.717, 1.165) is 29.7 Å². The van der Waals surface area contributed by atoms with E-state index in [0.29, 0.717) is 12.6 Å². The molecule has 0 spiro atoms. The number of amides is 1. The van der Waals surface area contributed by atoms with E-state index in [1.807, 2.05) is 23.1 Å². The first-order valence-corrected chi connectivity index (χ1v) is 5.83. The van der Waals surface area contributed by atoms with Crippen LogP contribution in [-0.2, 0) is 6.54 Å². The van der Waals surface area contributed by atoms with Gasteiger partial charge in [-0.25, -0.2) is 0 Å². The standard InChI is InChI=1S/C13H18N2O/c1-3-5-9(2)15-8-11-10(13(15)16)6-4-7-12(11)14/h4,6-7,9H,3,5,8,14H2,1-2H3. The van der Waals surface area contributed by atoms with Gasteiger partial charge in [0.05, 0.1) is 0 Å². The topological polar surface area (TPSA) is 46.3 Å². The second-order valence-electron chi connectivity index (χ2n) is 4.44. The molecule has 1 aromatic rings. The summed E-state index contributed by atoms with van der Waals surface area (Å²) in [6.45, 7) is 4.91. The van der Waals surface area contributed by atoms with E-state index in [-0.39, 0.29) is 5.91 Å². The van der Waals surface area contributed by atoms with Crippen LogP contribution in [0.5, 0.6) is 0 Å². The molecule has 1 heterocycles.